The van der Waals surface area contributed by atoms with Gasteiger partial charge >= 0.3 is 0 Å². The molecular formula is C12H21Br. The van der Waals surface area contributed by atoms with Gasteiger partial charge in [-0.15, -0.1) is 0 Å². The average Bonchev–Trinajstić information content (AvgIpc) is 2.16. The molecule has 0 unspecified atom stereocenters. The van der Waals surface area contributed by atoms with Gasteiger partial charge in [-0.2, -0.15) is 0 Å². The van der Waals surface area contributed by atoms with Gasteiger partial charge in [0.25, 0.3) is 0 Å². The number of hydrogen-bond donors (Lipinski definition) is 0. The van der Waals surface area contributed by atoms with E-state index < -0.39 is 0 Å². The molecule has 0 nitrogen and oxygen atoms in total. The van der Waals surface area contributed by atoms with E-state index in [2.05, 4.69) is 40.2 Å². The van der Waals surface area contributed by atoms with Crippen LogP contribution in [-0.4, -0.2) is 5.33 Å². The Morgan fingerprint density at radius 3 is 2.31 bits per heavy atom. The third-order valence-electron chi connectivity index (χ3n) is 1.94. The van der Waals surface area contributed by atoms with Crippen molar-refractivity contribution in [3.8, 4) is 0 Å². The Morgan fingerprint density at radius 2 is 1.62 bits per heavy atom. The first-order valence-electron chi connectivity index (χ1n) is 5.25. The number of allylic oxidation sites excluding steroid dienone is 4. The van der Waals surface area contributed by atoms with Crippen LogP contribution in [0.15, 0.2) is 24.3 Å². The van der Waals surface area contributed by atoms with E-state index in [9.17, 15) is 0 Å². The number of halogens is 1. The zero-order chi connectivity index (χ0) is 9.78. The Labute approximate surface area is 91.2 Å². The Balaban J connectivity index is 2.99. The van der Waals surface area contributed by atoms with Crippen LogP contribution < -0.4 is 0 Å². The standard InChI is InChI=1S/C12H21Br/c1-2-3-4-5-6-7-8-9-10-11-12-13/h2-5H,6-12H2,1H3. The van der Waals surface area contributed by atoms with E-state index in [0.29, 0.717) is 0 Å². The van der Waals surface area contributed by atoms with Crippen molar-refractivity contribution in [3.05, 3.63) is 24.3 Å². The van der Waals surface area contributed by atoms with Crippen molar-refractivity contribution in [2.75, 3.05) is 5.33 Å². The Morgan fingerprint density at radius 1 is 0.923 bits per heavy atom. The molecule has 0 saturated heterocycles. The van der Waals surface area contributed by atoms with Crippen molar-refractivity contribution < 1.29 is 0 Å². The van der Waals surface area contributed by atoms with E-state index in [1.54, 1.807) is 0 Å². The van der Waals surface area contributed by atoms with Crippen LogP contribution in [0.1, 0.15) is 45.4 Å². The van der Waals surface area contributed by atoms with Crippen LogP contribution in [0.25, 0.3) is 0 Å². The van der Waals surface area contributed by atoms with Gasteiger partial charge in [-0.25, -0.2) is 0 Å². The van der Waals surface area contributed by atoms with Gasteiger partial charge < -0.3 is 0 Å². The number of alkyl halides is 1. The van der Waals surface area contributed by atoms with Crippen molar-refractivity contribution in [1.29, 1.82) is 0 Å². The lowest BCUT2D eigenvalue weighted by atomic mass is 10.1. The topological polar surface area (TPSA) is 0 Å². The van der Waals surface area contributed by atoms with Crippen LogP contribution in [-0.2, 0) is 0 Å². The highest BCUT2D eigenvalue weighted by molar-refractivity contribution is 9.09. The fourth-order valence-electron chi connectivity index (χ4n) is 1.17. The minimum Gasteiger partial charge on any atom is -0.0928 e. The van der Waals surface area contributed by atoms with Crippen LogP contribution >= 0.6 is 15.9 Å². The Hall–Kier alpha value is -0.0400. The maximum atomic E-state index is 3.44. The maximum Gasteiger partial charge on any atom is 0.00313 e. The average molecular weight is 245 g/mol. The molecule has 0 N–H and O–H groups in total. The van der Waals surface area contributed by atoms with E-state index in [1.807, 2.05) is 6.92 Å². The van der Waals surface area contributed by atoms with Gasteiger partial charge in [-0.1, -0.05) is 59.5 Å². The summed E-state index contributed by atoms with van der Waals surface area (Å²) in [5.74, 6) is 0. The molecule has 13 heavy (non-hydrogen) atoms. The van der Waals surface area contributed by atoms with Gasteiger partial charge in [0.05, 0.1) is 0 Å². The van der Waals surface area contributed by atoms with Gasteiger partial charge in [0.1, 0.15) is 0 Å². The monoisotopic (exact) mass is 244 g/mol. The molecule has 0 aromatic heterocycles. The van der Waals surface area contributed by atoms with Gasteiger partial charge in [0, 0.05) is 5.33 Å². The summed E-state index contributed by atoms with van der Waals surface area (Å²) >= 11 is 3.44. The maximum absolute atomic E-state index is 3.44. The lowest BCUT2D eigenvalue weighted by molar-refractivity contribution is 0.641. The summed E-state index contributed by atoms with van der Waals surface area (Å²) in [6.45, 7) is 2.05. The second-order valence-corrected chi connectivity index (χ2v) is 3.99. The molecule has 0 aliphatic carbocycles. The molecule has 0 bridgehead atoms. The molecule has 76 valence electrons. The van der Waals surface area contributed by atoms with Crippen molar-refractivity contribution in [2.45, 2.75) is 45.4 Å². The summed E-state index contributed by atoms with van der Waals surface area (Å²) in [5, 5.41) is 1.16. The summed E-state index contributed by atoms with van der Waals surface area (Å²) in [7, 11) is 0. The summed E-state index contributed by atoms with van der Waals surface area (Å²) in [5.41, 5.74) is 0. The summed E-state index contributed by atoms with van der Waals surface area (Å²) in [6, 6.07) is 0. The first kappa shape index (κ1) is 13.0. The number of hydrogen-bond acceptors (Lipinski definition) is 0. The summed E-state index contributed by atoms with van der Waals surface area (Å²) in [6.07, 6.45) is 16.6. The first-order chi connectivity index (χ1) is 6.41. The van der Waals surface area contributed by atoms with Crippen molar-refractivity contribution in [2.24, 2.45) is 0 Å². The third-order valence-corrected chi connectivity index (χ3v) is 2.50. The zero-order valence-electron chi connectivity index (χ0n) is 8.64. The zero-order valence-corrected chi connectivity index (χ0v) is 10.2. The van der Waals surface area contributed by atoms with Gasteiger partial charge in [0.2, 0.25) is 0 Å². The predicted octanol–water partition coefficient (Wildman–Crippen LogP) is 4.85. The van der Waals surface area contributed by atoms with Gasteiger partial charge in [-0.3, -0.25) is 0 Å². The van der Waals surface area contributed by atoms with E-state index >= 15 is 0 Å². The van der Waals surface area contributed by atoms with E-state index in [-0.39, 0.29) is 0 Å². The summed E-state index contributed by atoms with van der Waals surface area (Å²) < 4.78 is 0. The molecule has 0 fully saturated rings. The lowest BCUT2D eigenvalue weighted by Gasteiger charge is -1.96. The van der Waals surface area contributed by atoms with Gasteiger partial charge in [0.15, 0.2) is 0 Å². The van der Waals surface area contributed by atoms with Crippen molar-refractivity contribution >= 4 is 15.9 Å². The molecular weight excluding hydrogens is 224 g/mol. The third kappa shape index (κ3) is 12.0. The normalized spacial score (nSPS) is 11.8. The predicted molar refractivity (Wildman–Crippen MR) is 65.5 cm³/mol. The number of unbranched alkanes of at least 4 members (excludes halogenated alkanes) is 5. The largest absolute Gasteiger partial charge is 0.0928 e. The highest BCUT2D eigenvalue weighted by atomic mass is 79.9. The van der Waals surface area contributed by atoms with Crippen LogP contribution in [0.3, 0.4) is 0 Å². The van der Waals surface area contributed by atoms with Crippen LogP contribution in [0.4, 0.5) is 0 Å². The molecule has 0 aromatic carbocycles. The Bertz CT molecular complexity index is 136. The Kier molecular flexibility index (Phi) is 11.9. The van der Waals surface area contributed by atoms with E-state index in [1.165, 1.54) is 38.5 Å². The fourth-order valence-corrected chi connectivity index (χ4v) is 1.57. The second-order valence-electron chi connectivity index (χ2n) is 3.20. The molecule has 0 aliphatic heterocycles. The second kappa shape index (κ2) is 12.0. The molecule has 0 radical (unpaired) electrons. The SMILES string of the molecule is CC=CC=CCCCCCCCBr. The highest BCUT2D eigenvalue weighted by Gasteiger charge is 1.87. The lowest BCUT2D eigenvalue weighted by Crippen LogP contribution is -1.78. The van der Waals surface area contributed by atoms with Crippen LogP contribution in [0.2, 0.25) is 0 Å². The first-order valence-corrected chi connectivity index (χ1v) is 6.37. The molecule has 0 rings (SSSR count). The quantitative estimate of drug-likeness (QED) is 0.325. The smallest absolute Gasteiger partial charge is 0.00313 e. The molecule has 0 heterocycles. The molecule has 1 heteroatoms. The van der Waals surface area contributed by atoms with E-state index in [0.717, 1.165) is 5.33 Å². The summed E-state index contributed by atoms with van der Waals surface area (Å²) in [4.78, 5) is 0. The van der Waals surface area contributed by atoms with Crippen LogP contribution in [0.5, 0.6) is 0 Å². The molecule has 0 atom stereocenters. The molecule has 0 amide bonds. The van der Waals surface area contributed by atoms with Crippen molar-refractivity contribution in [3.63, 3.8) is 0 Å². The molecule has 0 spiro atoms. The molecule has 0 aromatic rings. The molecule has 0 saturated carbocycles. The minimum atomic E-state index is 1.16. The highest BCUT2D eigenvalue weighted by Crippen LogP contribution is 2.06. The minimum absolute atomic E-state index is 1.16. The van der Waals surface area contributed by atoms with Crippen LogP contribution in [0, 0.1) is 0 Å². The fraction of sp³-hybridized carbons (Fsp3) is 0.667. The van der Waals surface area contributed by atoms with E-state index in [4.69, 9.17) is 0 Å². The van der Waals surface area contributed by atoms with Crippen molar-refractivity contribution in [1.82, 2.24) is 0 Å². The molecule has 0 aliphatic rings. The number of rotatable bonds is 8. The van der Waals surface area contributed by atoms with Gasteiger partial charge in [-0.05, 0) is 26.2 Å².